The van der Waals surface area contributed by atoms with Crippen LogP contribution in [0.15, 0.2) is 29.0 Å². The molecule has 1 aromatic carbocycles. The lowest BCUT2D eigenvalue weighted by Crippen LogP contribution is -2.02. The van der Waals surface area contributed by atoms with Crippen LogP contribution in [0.2, 0.25) is 5.02 Å². The molecule has 0 spiro atoms. The fraction of sp³-hybridized carbons (Fsp3) is 0.0833. The van der Waals surface area contributed by atoms with Crippen LogP contribution in [-0.4, -0.2) is 9.55 Å². The Morgan fingerprint density at radius 1 is 1.33 bits per heavy atom. The summed E-state index contributed by atoms with van der Waals surface area (Å²) < 4.78 is 2.49. The van der Waals surface area contributed by atoms with E-state index >= 15 is 0 Å². The van der Waals surface area contributed by atoms with Crippen molar-refractivity contribution >= 4 is 27.5 Å². The van der Waals surface area contributed by atoms with Crippen LogP contribution in [-0.2, 0) is 6.54 Å². The van der Waals surface area contributed by atoms with Crippen LogP contribution in [0.1, 0.15) is 17.0 Å². The van der Waals surface area contributed by atoms with Crippen LogP contribution in [0.25, 0.3) is 0 Å². The Morgan fingerprint density at radius 2 is 2.11 bits per heavy atom. The highest BCUT2D eigenvalue weighted by molar-refractivity contribution is 9.10. The summed E-state index contributed by atoms with van der Waals surface area (Å²) in [6.45, 7) is 0.406. The molecule has 0 N–H and O–H groups in total. The molecule has 1 heterocycles. The molecule has 0 fully saturated rings. The van der Waals surface area contributed by atoms with Crippen molar-refractivity contribution in [2.75, 3.05) is 0 Å². The molecule has 88 valence electrons. The van der Waals surface area contributed by atoms with E-state index in [0.717, 1.165) is 10.0 Å². The fourth-order valence-electron chi connectivity index (χ4n) is 1.53. The largest absolute Gasteiger partial charge is 0.317 e. The first-order valence-corrected chi connectivity index (χ1v) is 6.12. The summed E-state index contributed by atoms with van der Waals surface area (Å²) in [5.41, 5.74) is 1.24. The van der Waals surface area contributed by atoms with Gasteiger partial charge in [-0.05, 0) is 17.7 Å². The molecular weight excluding hydrogens is 316 g/mol. The molecule has 18 heavy (non-hydrogen) atoms. The maximum atomic E-state index is 9.01. The van der Waals surface area contributed by atoms with Gasteiger partial charge in [0.05, 0.1) is 12.9 Å². The third-order valence-corrected chi connectivity index (χ3v) is 3.25. The third-order valence-electron chi connectivity index (χ3n) is 2.41. The minimum absolute atomic E-state index is 0.130. The van der Waals surface area contributed by atoms with Gasteiger partial charge in [-0.15, -0.1) is 0 Å². The molecule has 2 aromatic rings. The minimum Gasteiger partial charge on any atom is -0.317 e. The normalized spacial score (nSPS) is 9.78. The lowest BCUT2D eigenvalue weighted by atomic mass is 10.2. The van der Waals surface area contributed by atoms with Crippen molar-refractivity contribution < 1.29 is 0 Å². The van der Waals surface area contributed by atoms with E-state index in [4.69, 9.17) is 22.1 Å². The van der Waals surface area contributed by atoms with Crippen molar-refractivity contribution in [3.63, 3.8) is 0 Å². The predicted octanol–water partition coefficient (Wildman–Crippen LogP) is 3.09. The summed E-state index contributed by atoms with van der Waals surface area (Å²) >= 11 is 9.43. The highest BCUT2D eigenvalue weighted by Gasteiger charge is 2.11. The Kier molecular flexibility index (Phi) is 3.66. The molecule has 0 aliphatic carbocycles. The average molecular weight is 322 g/mol. The van der Waals surface area contributed by atoms with Crippen molar-refractivity contribution in [2.45, 2.75) is 6.54 Å². The maximum absolute atomic E-state index is 9.01. The molecule has 0 radical (unpaired) electrons. The van der Waals surface area contributed by atoms with Crippen molar-refractivity contribution in [2.24, 2.45) is 0 Å². The number of imidazole rings is 1. The number of aromatic nitrogens is 2. The summed E-state index contributed by atoms with van der Waals surface area (Å²) in [6, 6.07) is 9.37. The summed E-state index contributed by atoms with van der Waals surface area (Å²) in [6.07, 6.45) is 1.47. The standard InChI is InChI=1S/C12H6BrClN4/c13-9-2-1-8(10(14)3-9)6-18-7-17-11(4-15)12(18)5-16/h1-3,7H,6H2. The highest BCUT2D eigenvalue weighted by atomic mass is 79.9. The number of hydrogen-bond acceptors (Lipinski definition) is 3. The first-order valence-electron chi connectivity index (χ1n) is 4.95. The van der Waals surface area contributed by atoms with Crippen LogP contribution >= 0.6 is 27.5 Å². The van der Waals surface area contributed by atoms with Gasteiger partial charge in [0.25, 0.3) is 0 Å². The lowest BCUT2D eigenvalue weighted by molar-refractivity contribution is 0.785. The van der Waals surface area contributed by atoms with Crippen LogP contribution in [0, 0.1) is 22.7 Å². The molecule has 0 aliphatic heterocycles. The number of hydrogen-bond donors (Lipinski definition) is 0. The van der Waals surface area contributed by atoms with Gasteiger partial charge in [0.15, 0.2) is 11.4 Å². The van der Waals surface area contributed by atoms with Gasteiger partial charge in [-0.1, -0.05) is 33.6 Å². The summed E-state index contributed by atoms with van der Waals surface area (Å²) in [4.78, 5) is 3.88. The molecule has 1 aromatic heterocycles. The van der Waals surface area contributed by atoms with Gasteiger partial charge in [0, 0.05) is 9.50 Å². The van der Waals surface area contributed by atoms with Crippen molar-refractivity contribution in [1.29, 1.82) is 10.5 Å². The van der Waals surface area contributed by atoms with E-state index in [1.54, 1.807) is 10.6 Å². The summed E-state index contributed by atoms with van der Waals surface area (Å²) in [5.74, 6) is 0. The number of nitrogens with zero attached hydrogens (tertiary/aromatic N) is 4. The van der Waals surface area contributed by atoms with Gasteiger partial charge in [-0.25, -0.2) is 4.98 Å². The number of nitriles is 2. The molecule has 0 bridgehead atoms. The van der Waals surface area contributed by atoms with E-state index in [-0.39, 0.29) is 11.4 Å². The topological polar surface area (TPSA) is 65.4 Å². The second kappa shape index (κ2) is 5.22. The van der Waals surface area contributed by atoms with E-state index in [0.29, 0.717) is 11.6 Å². The molecule has 0 amide bonds. The molecule has 4 nitrogen and oxygen atoms in total. The Morgan fingerprint density at radius 3 is 2.72 bits per heavy atom. The maximum Gasteiger partial charge on any atom is 0.176 e. The van der Waals surface area contributed by atoms with Gasteiger partial charge in [0.1, 0.15) is 12.1 Å². The Balaban J connectivity index is 2.38. The molecule has 0 saturated heterocycles. The molecule has 0 atom stereocenters. The van der Waals surface area contributed by atoms with E-state index < -0.39 is 0 Å². The van der Waals surface area contributed by atoms with Gasteiger partial charge < -0.3 is 4.57 Å². The second-order valence-corrected chi connectivity index (χ2v) is 4.85. The quantitative estimate of drug-likeness (QED) is 0.853. The molecule has 0 saturated carbocycles. The van der Waals surface area contributed by atoms with Crippen molar-refractivity contribution in [1.82, 2.24) is 9.55 Å². The van der Waals surface area contributed by atoms with Crippen molar-refractivity contribution in [3.8, 4) is 12.1 Å². The molecule has 0 unspecified atom stereocenters. The number of halogens is 2. The van der Waals surface area contributed by atoms with Crippen LogP contribution in [0.3, 0.4) is 0 Å². The Labute approximate surface area is 117 Å². The van der Waals surface area contributed by atoms with E-state index in [1.165, 1.54) is 6.33 Å². The van der Waals surface area contributed by atoms with Crippen LogP contribution in [0.5, 0.6) is 0 Å². The third kappa shape index (κ3) is 2.38. The number of rotatable bonds is 2. The second-order valence-electron chi connectivity index (χ2n) is 3.53. The SMILES string of the molecule is N#Cc1ncn(Cc2ccc(Br)cc2Cl)c1C#N. The van der Waals surface area contributed by atoms with E-state index in [9.17, 15) is 0 Å². The average Bonchev–Trinajstić information content (AvgIpc) is 2.74. The molecular formula is C12H6BrClN4. The predicted molar refractivity (Wildman–Crippen MR) is 69.9 cm³/mol. The molecule has 0 aliphatic rings. The summed E-state index contributed by atoms with van der Waals surface area (Å²) in [5, 5.41) is 18.4. The first kappa shape index (κ1) is 12.6. The molecule has 6 heteroatoms. The molecule has 2 rings (SSSR count). The monoisotopic (exact) mass is 320 g/mol. The smallest absolute Gasteiger partial charge is 0.176 e. The lowest BCUT2D eigenvalue weighted by Gasteiger charge is -2.06. The fourth-order valence-corrected chi connectivity index (χ4v) is 2.27. The first-order chi connectivity index (χ1) is 8.65. The van der Waals surface area contributed by atoms with Crippen LogP contribution in [0.4, 0.5) is 0 Å². The van der Waals surface area contributed by atoms with Crippen molar-refractivity contribution in [3.05, 3.63) is 51.0 Å². The van der Waals surface area contributed by atoms with Gasteiger partial charge in [-0.3, -0.25) is 0 Å². The van der Waals surface area contributed by atoms with Crippen LogP contribution < -0.4 is 0 Å². The van der Waals surface area contributed by atoms with Gasteiger partial charge >= 0.3 is 0 Å². The summed E-state index contributed by atoms with van der Waals surface area (Å²) in [7, 11) is 0. The van der Waals surface area contributed by atoms with E-state index in [2.05, 4.69) is 20.9 Å². The number of benzene rings is 1. The zero-order valence-corrected chi connectivity index (χ0v) is 11.4. The zero-order chi connectivity index (χ0) is 13.1. The van der Waals surface area contributed by atoms with Gasteiger partial charge in [0.2, 0.25) is 0 Å². The zero-order valence-electron chi connectivity index (χ0n) is 9.06. The van der Waals surface area contributed by atoms with E-state index in [1.807, 2.05) is 24.3 Å². The Bertz CT molecular complexity index is 678. The highest BCUT2D eigenvalue weighted by Crippen LogP contribution is 2.22. The minimum atomic E-state index is 0.130. The Hall–Kier alpha value is -1.82. The van der Waals surface area contributed by atoms with Gasteiger partial charge in [-0.2, -0.15) is 10.5 Å².